The molecule has 0 bridgehead atoms. The van der Waals surface area contributed by atoms with E-state index in [1.807, 2.05) is 13.0 Å². The van der Waals surface area contributed by atoms with Crippen LogP contribution >= 0.6 is 0 Å². The third kappa shape index (κ3) is 5.00. The summed E-state index contributed by atoms with van der Waals surface area (Å²) >= 11 is 0. The molecule has 0 fully saturated rings. The number of amides is 1. The van der Waals surface area contributed by atoms with Crippen LogP contribution in [0.25, 0.3) is 0 Å². The molecule has 1 amide bonds. The first-order valence-electron chi connectivity index (χ1n) is 8.05. The van der Waals surface area contributed by atoms with E-state index in [2.05, 4.69) is 15.3 Å². The summed E-state index contributed by atoms with van der Waals surface area (Å²) < 4.78 is 0. The number of hydrogen-bond donors (Lipinski definition) is 3. The highest BCUT2D eigenvalue weighted by molar-refractivity contribution is 5.80. The molecule has 0 saturated carbocycles. The van der Waals surface area contributed by atoms with Gasteiger partial charge in [0, 0.05) is 17.7 Å². The van der Waals surface area contributed by atoms with Crippen molar-refractivity contribution in [3.63, 3.8) is 0 Å². The van der Waals surface area contributed by atoms with Crippen molar-refractivity contribution < 1.29 is 14.7 Å². The van der Waals surface area contributed by atoms with Crippen LogP contribution in [0.5, 0.6) is 0 Å². The van der Waals surface area contributed by atoms with E-state index in [1.54, 1.807) is 31.2 Å². The number of carbonyl (C=O) groups excluding carboxylic acids is 1. The van der Waals surface area contributed by atoms with Gasteiger partial charge in [0.05, 0.1) is 18.9 Å². The Labute approximate surface area is 145 Å². The van der Waals surface area contributed by atoms with Crippen molar-refractivity contribution in [3.8, 4) is 0 Å². The second kappa shape index (κ2) is 8.23. The van der Waals surface area contributed by atoms with Crippen molar-refractivity contribution in [1.82, 2.24) is 15.3 Å². The fourth-order valence-corrected chi connectivity index (χ4v) is 2.56. The van der Waals surface area contributed by atoms with Crippen molar-refractivity contribution in [3.05, 3.63) is 63.3 Å². The van der Waals surface area contributed by atoms with Crippen LogP contribution in [-0.4, -0.2) is 27.0 Å². The number of rotatable bonds is 7. The second-order valence-electron chi connectivity index (χ2n) is 5.74. The highest BCUT2D eigenvalue weighted by Gasteiger charge is 2.19. The zero-order chi connectivity index (χ0) is 18.4. The number of carboxylic acid groups (broad SMARTS) is 1. The highest BCUT2D eigenvalue weighted by atomic mass is 16.4. The summed E-state index contributed by atoms with van der Waals surface area (Å²) in [6.07, 6.45) is 0.205. The van der Waals surface area contributed by atoms with Crippen molar-refractivity contribution >= 4 is 11.9 Å². The standard InChI is InChI=1S/C18H21N3O4/c1-3-15-19-11(2)13(18(25)21-15)9-16(22)20-14(10-17(23)24)12-7-5-4-6-8-12/h4-8,14H,3,9-10H2,1-2H3,(H,20,22)(H,23,24)(H,19,21,25)/t14-/m0/s1. The van der Waals surface area contributed by atoms with Gasteiger partial charge in [-0.15, -0.1) is 0 Å². The molecule has 0 spiro atoms. The number of aromatic amines is 1. The minimum absolute atomic E-state index is 0.152. The molecule has 1 atom stereocenters. The first-order valence-corrected chi connectivity index (χ1v) is 8.05. The maximum absolute atomic E-state index is 12.4. The van der Waals surface area contributed by atoms with Gasteiger partial charge in [0.1, 0.15) is 5.82 Å². The second-order valence-corrected chi connectivity index (χ2v) is 5.74. The quantitative estimate of drug-likeness (QED) is 0.705. The van der Waals surface area contributed by atoms with Crippen molar-refractivity contribution in [2.75, 3.05) is 0 Å². The molecular formula is C18H21N3O4. The third-order valence-corrected chi connectivity index (χ3v) is 3.86. The van der Waals surface area contributed by atoms with Crippen LogP contribution in [0, 0.1) is 6.92 Å². The minimum Gasteiger partial charge on any atom is -0.481 e. The Balaban J connectivity index is 2.17. The number of aliphatic carboxylic acids is 1. The monoisotopic (exact) mass is 343 g/mol. The zero-order valence-electron chi connectivity index (χ0n) is 14.2. The number of aryl methyl sites for hydroxylation is 2. The molecule has 132 valence electrons. The normalized spacial score (nSPS) is 11.8. The van der Waals surface area contributed by atoms with Crippen LogP contribution in [0.4, 0.5) is 0 Å². The van der Waals surface area contributed by atoms with Gasteiger partial charge in [-0.1, -0.05) is 37.3 Å². The molecule has 0 radical (unpaired) electrons. The van der Waals surface area contributed by atoms with Crippen molar-refractivity contribution in [2.45, 2.75) is 39.2 Å². The van der Waals surface area contributed by atoms with Gasteiger partial charge in [-0.25, -0.2) is 4.98 Å². The minimum atomic E-state index is -1.02. The number of benzene rings is 1. The van der Waals surface area contributed by atoms with E-state index in [0.717, 1.165) is 0 Å². The molecule has 0 aliphatic carbocycles. The highest BCUT2D eigenvalue weighted by Crippen LogP contribution is 2.16. The van der Waals surface area contributed by atoms with E-state index in [1.165, 1.54) is 0 Å². The van der Waals surface area contributed by atoms with Gasteiger partial charge in [0.15, 0.2) is 0 Å². The van der Waals surface area contributed by atoms with Crippen molar-refractivity contribution in [1.29, 1.82) is 0 Å². The van der Waals surface area contributed by atoms with Gasteiger partial charge < -0.3 is 15.4 Å². The third-order valence-electron chi connectivity index (χ3n) is 3.86. The lowest BCUT2D eigenvalue weighted by molar-refractivity contribution is -0.137. The molecule has 2 rings (SSSR count). The summed E-state index contributed by atoms with van der Waals surface area (Å²) in [6.45, 7) is 3.56. The first kappa shape index (κ1) is 18.4. The van der Waals surface area contributed by atoms with Crippen LogP contribution in [-0.2, 0) is 22.4 Å². The van der Waals surface area contributed by atoms with Gasteiger partial charge >= 0.3 is 5.97 Å². The fraction of sp³-hybridized carbons (Fsp3) is 0.333. The predicted molar refractivity (Wildman–Crippen MR) is 92.3 cm³/mol. The van der Waals surface area contributed by atoms with Gasteiger partial charge in [0.2, 0.25) is 5.91 Å². The van der Waals surface area contributed by atoms with Crippen LogP contribution in [0.3, 0.4) is 0 Å². The Morgan fingerprint density at radius 3 is 2.52 bits per heavy atom. The molecule has 1 heterocycles. The number of carboxylic acids is 1. The summed E-state index contributed by atoms with van der Waals surface area (Å²) in [5, 5.41) is 11.8. The van der Waals surface area contributed by atoms with Crippen LogP contribution in [0.15, 0.2) is 35.1 Å². The Morgan fingerprint density at radius 1 is 1.28 bits per heavy atom. The smallest absolute Gasteiger partial charge is 0.305 e. The van der Waals surface area contributed by atoms with Crippen LogP contribution < -0.4 is 10.9 Å². The van der Waals surface area contributed by atoms with Gasteiger partial charge in [-0.05, 0) is 12.5 Å². The molecule has 3 N–H and O–H groups in total. The number of H-pyrrole nitrogens is 1. The van der Waals surface area contributed by atoms with E-state index >= 15 is 0 Å². The number of carbonyl (C=O) groups is 2. The molecule has 7 nitrogen and oxygen atoms in total. The Kier molecular flexibility index (Phi) is 6.05. The predicted octanol–water partition coefficient (Wildman–Crippen LogP) is 1.52. The Bertz CT molecular complexity index is 815. The van der Waals surface area contributed by atoms with E-state index in [0.29, 0.717) is 23.5 Å². The largest absolute Gasteiger partial charge is 0.481 e. The molecule has 0 aliphatic heterocycles. The number of hydrogen-bond acceptors (Lipinski definition) is 4. The Morgan fingerprint density at radius 2 is 1.96 bits per heavy atom. The first-order chi connectivity index (χ1) is 11.9. The molecule has 1 aromatic carbocycles. The zero-order valence-corrected chi connectivity index (χ0v) is 14.2. The number of nitrogens with zero attached hydrogens (tertiary/aromatic N) is 1. The average molecular weight is 343 g/mol. The molecule has 1 aromatic heterocycles. The summed E-state index contributed by atoms with van der Waals surface area (Å²) in [7, 11) is 0. The van der Waals surface area contributed by atoms with E-state index in [-0.39, 0.29) is 24.0 Å². The summed E-state index contributed by atoms with van der Waals surface area (Å²) in [6, 6.07) is 8.21. The summed E-state index contributed by atoms with van der Waals surface area (Å²) in [4.78, 5) is 42.5. The van der Waals surface area contributed by atoms with Gasteiger partial charge in [-0.2, -0.15) is 0 Å². The van der Waals surface area contributed by atoms with E-state index in [4.69, 9.17) is 5.11 Å². The molecule has 0 unspecified atom stereocenters. The topological polar surface area (TPSA) is 112 Å². The van der Waals surface area contributed by atoms with E-state index in [9.17, 15) is 14.4 Å². The molecule has 2 aromatic rings. The summed E-state index contributed by atoms with van der Waals surface area (Å²) in [5.41, 5.74) is 1.15. The number of aromatic nitrogens is 2. The lowest BCUT2D eigenvalue weighted by Gasteiger charge is -2.17. The lowest BCUT2D eigenvalue weighted by Crippen LogP contribution is -2.33. The fourth-order valence-electron chi connectivity index (χ4n) is 2.56. The molecular weight excluding hydrogens is 322 g/mol. The molecule has 0 saturated heterocycles. The molecule has 25 heavy (non-hydrogen) atoms. The maximum Gasteiger partial charge on any atom is 0.305 e. The maximum atomic E-state index is 12.4. The Hall–Kier alpha value is -2.96. The molecule has 0 aliphatic rings. The van der Waals surface area contributed by atoms with Crippen LogP contribution in [0.1, 0.15) is 42.0 Å². The average Bonchev–Trinajstić information content (AvgIpc) is 2.57. The lowest BCUT2D eigenvalue weighted by atomic mass is 10.0. The van der Waals surface area contributed by atoms with Gasteiger partial charge in [-0.3, -0.25) is 14.4 Å². The molecule has 7 heteroatoms. The summed E-state index contributed by atoms with van der Waals surface area (Å²) in [5.74, 6) is -0.869. The van der Waals surface area contributed by atoms with E-state index < -0.39 is 17.9 Å². The van der Waals surface area contributed by atoms with Gasteiger partial charge in [0.25, 0.3) is 5.56 Å². The van der Waals surface area contributed by atoms with Crippen molar-refractivity contribution in [2.24, 2.45) is 0 Å². The number of nitrogens with one attached hydrogen (secondary N) is 2. The SMILES string of the molecule is CCc1nc(C)c(CC(=O)N[C@@H](CC(=O)O)c2ccccc2)c(=O)[nH]1. The van der Waals surface area contributed by atoms with Crippen LogP contribution in [0.2, 0.25) is 0 Å².